The normalized spacial score (nSPS) is 11.1. The third-order valence-corrected chi connectivity index (χ3v) is 2.44. The molecule has 0 aliphatic rings. The lowest BCUT2D eigenvalue weighted by Crippen LogP contribution is -2.04. The van der Waals surface area contributed by atoms with Crippen LogP contribution < -0.4 is 0 Å². The first-order chi connectivity index (χ1) is 8.18. The van der Waals surface area contributed by atoms with Crippen LogP contribution in [0.3, 0.4) is 0 Å². The number of ether oxygens (including phenoxy) is 1. The maximum Gasteiger partial charge on any atom is 0.345 e. The molecule has 0 fully saturated rings. The molecule has 0 unspecified atom stereocenters. The van der Waals surface area contributed by atoms with Crippen molar-refractivity contribution in [2.75, 3.05) is 0 Å². The van der Waals surface area contributed by atoms with Crippen molar-refractivity contribution in [3.05, 3.63) is 48.0 Å². The molecule has 90 valence electrons. The van der Waals surface area contributed by atoms with Crippen LogP contribution in [-0.4, -0.2) is 16.2 Å². The average molecular weight is 238 g/mol. The summed E-state index contributed by atoms with van der Waals surface area (Å²) in [5.41, 5.74) is 1.51. The maximum atomic E-state index is 12.0. The van der Waals surface area contributed by atoms with Crippen LogP contribution in [0.25, 0.3) is 5.69 Å². The Morgan fingerprint density at radius 1 is 1.35 bits per heavy atom. The quantitative estimate of drug-likeness (QED) is 0.818. The third-order valence-electron chi connectivity index (χ3n) is 2.44. The van der Waals surface area contributed by atoms with Gasteiger partial charge in [0, 0.05) is 18.0 Å². The molecular weight excluding hydrogens is 226 g/mol. The molecule has 0 spiro atoms. The standard InChI is InChI=1S/C12H12F2N2O/c1-9-15-6-7-16(9)11-5-3-2-4-10(11)8-17-12(13)14/h2-7,12H,8H2,1H3. The topological polar surface area (TPSA) is 27.1 Å². The Morgan fingerprint density at radius 3 is 2.76 bits per heavy atom. The van der Waals surface area contributed by atoms with Crippen molar-refractivity contribution >= 4 is 0 Å². The van der Waals surface area contributed by atoms with Gasteiger partial charge in [-0.1, -0.05) is 18.2 Å². The minimum Gasteiger partial charge on any atom is -0.318 e. The second-order valence-corrected chi connectivity index (χ2v) is 3.54. The van der Waals surface area contributed by atoms with Crippen LogP contribution in [0.1, 0.15) is 11.4 Å². The van der Waals surface area contributed by atoms with E-state index in [4.69, 9.17) is 0 Å². The molecule has 1 heterocycles. The van der Waals surface area contributed by atoms with Crippen molar-refractivity contribution in [1.29, 1.82) is 0 Å². The van der Waals surface area contributed by atoms with Gasteiger partial charge in [0.15, 0.2) is 0 Å². The van der Waals surface area contributed by atoms with Crippen LogP contribution >= 0.6 is 0 Å². The van der Waals surface area contributed by atoms with E-state index in [1.165, 1.54) is 0 Å². The smallest absolute Gasteiger partial charge is 0.318 e. The van der Waals surface area contributed by atoms with Crippen molar-refractivity contribution in [1.82, 2.24) is 9.55 Å². The van der Waals surface area contributed by atoms with Crippen LogP contribution in [0, 0.1) is 6.92 Å². The lowest BCUT2D eigenvalue weighted by Gasteiger charge is -2.11. The summed E-state index contributed by atoms with van der Waals surface area (Å²) in [5.74, 6) is 0.800. The molecule has 1 aromatic heterocycles. The number of halogens is 2. The van der Waals surface area contributed by atoms with E-state index in [0.717, 1.165) is 11.5 Å². The highest BCUT2D eigenvalue weighted by Crippen LogP contribution is 2.17. The Morgan fingerprint density at radius 2 is 2.12 bits per heavy atom. The lowest BCUT2D eigenvalue weighted by atomic mass is 10.2. The Balaban J connectivity index is 2.31. The van der Waals surface area contributed by atoms with Crippen LogP contribution in [0.5, 0.6) is 0 Å². The number of imidazole rings is 1. The van der Waals surface area contributed by atoms with Gasteiger partial charge in [-0.05, 0) is 13.0 Å². The lowest BCUT2D eigenvalue weighted by molar-refractivity contribution is -0.137. The van der Waals surface area contributed by atoms with E-state index in [1.54, 1.807) is 24.5 Å². The van der Waals surface area contributed by atoms with Crippen LogP contribution in [-0.2, 0) is 11.3 Å². The molecule has 2 rings (SSSR count). The van der Waals surface area contributed by atoms with E-state index in [2.05, 4.69) is 9.72 Å². The Hall–Kier alpha value is -1.75. The molecule has 0 amide bonds. The van der Waals surface area contributed by atoms with Crippen molar-refractivity contribution in [3.63, 3.8) is 0 Å². The summed E-state index contributed by atoms with van der Waals surface area (Å²) in [6.07, 6.45) is 3.45. The summed E-state index contributed by atoms with van der Waals surface area (Å²) in [4.78, 5) is 4.10. The predicted octanol–water partition coefficient (Wildman–Crippen LogP) is 2.92. The highest BCUT2D eigenvalue weighted by atomic mass is 19.3. The summed E-state index contributed by atoms with van der Waals surface area (Å²) < 4.78 is 30.2. The first kappa shape index (κ1) is 11.7. The molecule has 0 saturated heterocycles. The van der Waals surface area contributed by atoms with Gasteiger partial charge in [0.1, 0.15) is 5.82 Å². The Labute approximate surface area is 97.7 Å². The second-order valence-electron chi connectivity index (χ2n) is 3.54. The molecule has 0 bridgehead atoms. The maximum absolute atomic E-state index is 12.0. The summed E-state index contributed by atoms with van der Waals surface area (Å²) in [6, 6.07) is 7.25. The fourth-order valence-electron chi connectivity index (χ4n) is 1.65. The average Bonchev–Trinajstić information content (AvgIpc) is 2.73. The first-order valence-electron chi connectivity index (χ1n) is 5.16. The molecule has 0 radical (unpaired) electrons. The number of benzene rings is 1. The Bertz CT molecular complexity index is 497. The van der Waals surface area contributed by atoms with Gasteiger partial charge in [0.25, 0.3) is 0 Å². The minimum absolute atomic E-state index is 0.120. The van der Waals surface area contributed by atoms with E-state index in [1.807, 2.05) is 23.6 Å². The first-order valence-corrected chi connectivity index (χ1v) is 5.16. The van der Waals surface area contributed by atoms with Gasteiger partial charge in [-0.15, -0.1) is 0 Å². The van der Waals surface area contributed by atoms with E-state index in [-0.39, 0.29) is 6.61 Å². The zero-order chi connectivity index (χ0) is 12.3. The van der Waals surface area contributed by atoms with Gasteiger partial charge in [-0.2, -0.15) is 8.78 Å². The summed E-state index contributed by atoms with van der Waals surface area (Å²) >= 11 is 0. The molecular formula is C12H12F2N2O. The Kier molecular flexibility index (Phi) is 3.49. The van der Waals surface area contributed by atoms with Gasteiger partial charge in [0.05, 0.1) is 12.3 Å². The highest BCUT2D eigenvalue weighted by Gasteiger charge is 2.08. The molecule has 17 heavy (non-hydrogen) atoms. The summed E-state index contributed by atoms with van der Waals surface area (Å²) in [6.45, 7) is -1.03. The summed E-state index contributed by atoms with van der Waals surface area (Å²) in [7, 11) is 0. The van der Waals surface area contributed by atoms with Gasteiger partial charge in [0.2, 0.25) is 0 Å². The molecule has 0 atom stereocenters. The van der Waals surface area contributed by atoms with Crippen LogP contribution in [0.2, 0.25) is 0 Å². The monoisotopic (exact) mass is 238 g/mol. The third kappa shape index (κ3) is 2.68. The van der Waals surface area contributed by atoms with Crippen molar-refractivity contribution in [2.45, 2.75) is 20.1 Å². The number of hydrogen-bond acceptors (Lipinski definition) is 2. The number of aromatic nitrogens is 2. The molecule has 3 nitrogen and oxygen atoms in total. The van der Waals surface area contributed by atoms with E-state index >= 15 is 0 Å². The van der Waals surface area contributed by atoms with E-state index in [0.29, 0.717) is 5.56 Å². The number of aryl methyl sites for hydroxylation is 1. The predicted molar refractivity (Wildman–Crippen MR) is 59.1 cm³/mol. The second kappa shape index (κ2) is 5.05. The van der Waals surface area contributed by atoms with Gasteiger partial charge in [-0.3, -0.25) is 0 Å². The minimum atomic E-state index is -2.76. The molecule has 5 heteroatoms. The largest absolute Gasteiger partial charge is 0.345 e. The number of alkyl halides is 2. The van der Waals surface area contributed by atoms with E-state index < -0.39 is 6.61 Å². The fourth-order valence-corrected chi connectivity index (χ4v) is 1.65. The highest BCUT2D eigenvalue weighted by molar-refractivity contribution is 5.41. The number of nitrogens with zero attached hydrogens (tertiary/aromatic N) is 2. The molecule has 0 saturated carbocycles. The number of para-hydroxylation sites is 1. The summed E-state index contributed by atoms with van der Waals surface area (Å²) in [5, 5.41) is 0. The van der Waals surface area contributed by atoms with Crippen LogP contribution in [0.15, 0.2) is 36.7 Å². The SMILES string of the molecule is Cc1nccn1-c1ccccc1COC(F)F. The molecule has 0 aliphatic heterocycles. The molecule has 2 aromatic rings. The van der Waals surface area contributed by atoms with Gasteiger partial charge in [-0.25, -0.2) is 4.98 Å². The zero-order valence-electron chi connectivity index (χ0n) is 9.31. The molecule has 0 aliphatic carbocycles. The van der Waals surface area contributed by atoms with Crippen molar-refractivity contribution in [3.8, 4) is 5.69 Å². The number of rotatable bonds is 4. The van der Waals surface area contributed by atoms with Gasteiger partial charge >= 0.3 is 6.61 Å². The van der Waals surface area contributed by atoms with Crippen molar-refractivity contribution < 1.29 is 13.5 Å². The molecule has 1 aromatic carbocycles. The fraction of sp³-hybridized carbons (Fsp3) is 0.250. The van der Waals surface area contributed by atoms with Crippen molar-refractivity contribution in [2.24, 2.45) is 0 Å². The molecule has 0 N–H and O–H groups in total. The van der Waals surface area contributed by atoms with Crippen LogP contribution in [0.4, 0.5) is 8.78 Å². The number of hydrogen-bond donors (Lipinski definition) is 0. The van der Waals surface area contributed by atoms with Gasteiger partial charge < -0.3 is 9.30 Å². The van der Waals surface area contributed by atoms with E-state index in [9.17, 15) is 8.78 Å². The zero-order valence-corrected chi connectivity index (χ0v) is 9.31.